The van der Waals surface area contributed by atoms with Crippen molar-refractivity contribution in [3.05, 3.63) is 59.3 Å². The number of aliphatic hydroxyl groups is 1. The smallest absolute Gasteiger partial charge is 0.213 e. The molecular formula is C33H43N3O3. The second-order valence-electron chi connectivity index (χ2n) is 12.2. The number of hydrogen-bond donors (Lipinski definition) is 1. The Balaban J connectivity index is 1.20. The number of aromatic nitrogens is 1. The molecule has 1 aliphatic heterocycles. The zero-order valence-corrected chi connectivity index (χ0v) is 23.5. The maximum atomic E-state index is 13.4. The highest BCUT2D eigenvalue weighted by Crippen LogP contribution is 2.45. The highest BCUT2D eigenvalue weighted by Gasteiger charge is 2.41. The third-order valence-corrected chi connectivity index (χ3v) is 8.91. The molecule has 6 heteroatoms. The van der Waals surface area contributed by atoms with E-state index in [9.17, 15) is 9.90 Å². The number of rotatable bonds is 10. The number of aliphatic imine (C=N–C) groups is 2. The van der Waals surface area contributed by atoms with Crippen LogP contribution in [-0.2, 0) is 12.0 Å². The zero-order chi connectivity index (χ0) is 27.2. The predicted molar refractivity (Wildman–Crippen MR) is 156 cm³/mol. The van der Waals surface area contributed by atoms with Crippen molar-refractivity contribution in [3.63, 3.8) is 0 Å². The van der Waals surface area contributed by atoms with Crippen molar-refractivity contribution in [2.24, 2.45) is 27.7 Å². The lowest BCUT2D eigenvalue weighted by molar-refractivity contribution is 0.0324. The number of ether oxygens (including phenoxy) is 1. The van der Waals surface area contributed by atoms with E-state index in [0.29, 0.717) is 30.1 Å². The third-order valence-electron chi connectivity index (χ3n) is 8.91. The van der Waals surface area contributed by atoms with E-state index in [2.05, 4.69) is 28.0 Å². The van der Waals surface area contributed by atoms with Gasteiger partial charge in [0.25, 0.3) is 0 Å². The lowest BCUT2D eigenvalue weighted by atomic mass is 9.88. The first-order valence-corrected chi connectivity index (χ1v) is 14.9. The second kappa shape index (κ2) is 12.5. The first-order valence-electron chi connectivity index (χ1n) is 14.9. The summed E-state index contributed by atoms with van der Waals surface area (Å²) in [5, 5.41) is 11.0. The summed E-state index contributed by atoms with van der Waals surface area (Å²) in [6.45, 7) is 5.00. The van der Waals surface area contributed by atoms with Gasteiger partial charge >= 0.3 is 0 Å². The molecule has 5 unspecified atom stereocenters. The number of nitrogens with zero attached hydrogens (tertiary/aromatic N) is 3. The van der Waals surface area contributed by atoms with Crippen LogP contribution in [0.4, 0.5) is 0 Å². The van der Waals surface area contributed by atoms with Crippen LogP contribution < -0.4 is 4.74 Å². The molecule has 2 aromatic rings. The topological polar surface area (TPSA) is 84.1 Å². The van der Waals surface area contributed by atoms with Gasteiger partial charge in [-0.25, -0.2) is 4.98 Å². The minimum absolute atomic E-state index is 0.0753. The van der Waals surface area contributed by atoms with E-state index in [0.717, 1.165) is 81.0 Å². The molecule has 5 atom stereocenters. The van der Waals surface area contributed by atoms with E-state index >= 15 is 0 Å². The van der Waals surface area contributed by atoms with Crippen molar-refractivity contribution >= 4 is 18.2 Å². The van der Waals surface area contributed by atoms with Crippen molar-refractivity contribution in [1.82, 2.24) is 4.98 Å². The molecule has 2 saturated carbocycles. The molecule has 1 N–H and O–H groups in total. The molecule has 0 amide bonds. The molecular weight excluding hydrogens is 486 g/mol. The lowest BCUT2D eigenvalue weighted by Crippen LogP contribution is -2.24. The molecule has 39 heavy (non-hydrogen) atoms. The molecule has 3 aliphatic rings. The van der Waals surface area contributed by atoms with Crippen LogP contribution in [0.1, 0.15) is 93.1 Å². The second-order valence-corrected chi connectivity index (χ2v) is 12.2. The van der Waals surface area contributed by atoms with E-state index in [1.165, 1.54) is 0 Å². The van der Waals surface area contributed by atoms with E-state index in [1.54, 1.807) is 18.6 Å². The minimum Gasteiger partial charge on any atom is -0.474 e. The zero-order valence-electron chi connectivity index (χ0n) is 23.5. The van der Waals surface area contributed by atoms with Crippen molar-refractivity contribution in [2.45, 2.75) is 95.8 Å². The maximum absolute atomic E-state index is 13.4. The van der Waals surface area contributed by atoms with Crippen LogP contribution >= 0.6 is 0 Å². The Morgan fingerprint density at radius 1 is 1.08 bits per heavy atom. The number of pyridine rings is 1. The summed E-state index contributed by atoms with van der Waals surface area (Å²) in [6.07, 6.45) is 14.8. The van der Waals surface area contributed by atoms with Gasteiger partial charge in [0.05, 0.1) is 11.6 Å². The summed E-state index contributed by atoms with van der Waals surface area (Å²) in [7, 11) is 0. The lowest BCUT2D eigenvalue weighted by Gasteiger charge is -2.25. The summed E-state index contributed by atoms with van der Waals surface area (Å²) < 4.78 is 6.42. The normalized spacial score (nSPS) is 26.8. The van der Waals surface area contributed by atoms with Gasteiger partial charge in [-0.3, -0.25) is 14.8 Å². The number of carbonyl (C=O) groups is 1. The number of ketones is 1. The van der Waals surface area contributed by atoms with Gasteiger partial charge in [0.1, 0.15) is 6.10 Å². The third kappa shape index (κ3) is 7.42. The molecule has 0 saturated heterocycles. The molecule has 2 aliphatic carbocycles. The van der Waals surface area contributed by atoms with Crippen molar-refractivity contribution in [3.8, 4) is 5.88 Å². The molecule has 0 bridgehead atoms. The summed E-state index contributed by atoms with van der Waals surface area (Å²) in [5.74, 6) is 2.20. The van der Waals surface area contributed by atoms with Gasteiger partial charge < -0.3 is 9.84 Å². The summed E-state index contributed by atoms with van der Waals surface area (Å²) in [4.78, 5) is 26.8. The predicted octanol–water partition coefficient (Wildman–Crippen LogP) is 6.39. The first kappa shape index (κ1) is 27.7. The SMILES string of the molecule is CC1CCC(Oc2cc(C(C)(O)C3CC3)ccn2)CC(CCC(=O)c2ccccc2CC2CCN=CC=N2)C1. The number of carbonyl (C=O) groups excluding carboxylic acids is 1. The molecule has 1 aromatic heterocycles. The molecule has 208 valence electrons. The van der Waals surface area contributed by atoms with E-state index in [1.807, 2.05) is 37.3 Å². The molecule has 1 aromatic carbocycles. The van der Waals surface area contributed by atoms with Gasteiger partial charge in [-0.1, -0.05) is 31.2 Å². The average Bonchev–Trinajstić information content (AvgIpc) is 3.80. The van der Waals surface area contributed by atoms with Gasteiger partial charge in [-0.2, -0.15) is 0 Å². The average molecular weight is 530 g/mol. The van der Waals surface area contributed by atoms with Crippen LogP contribution in [0.2, 0.25) is 0 Å². The molecule has 2 fully saturated rings. The van der Waals surface area contributed by atoms with Crippen molar-refractivity contribution in [2.75, 3.05) is 6.54 Å². The van der Waals surface area contributed by atoms with Crippen LogP contribution in [-0.4, -0.2) is 47.0 Å². The Kier molecular flexibility index (Phi) is 8.91. The van der Waals surface area contributed by atoms with Crippen molar-refractivity contribution in [1.29, 1.82) is 0 Å². The number of hydrogen-bond acceptors (Lipinski definition) is 6. The fourth-order valence-corrected chi connectivity index (χ4v) is 6.36. The molecule has 5 rings (SSSR count). The summed E-state index contributed by atoms with van der Waals surface area (Å²) in [5.41, 5.74) is 2.00. The molecule has 0 radical (unpaired) electrons. The van der Waals surface area contributed by atoms with Gasteiger partial charge in [0.2, 0.25) is 5.88 Å². The summed E-state index contributed by atoms with van der Waals surface area (Å²) in [6, 6.07) is 12.0. The Morgan fingerprint density at radius 3 is 2.77 bits per heavy atom. The first-order chi connectivity index (χ1) is 18.9. The highest BCUT2D eigenvalue weighted by atomic mass is 16.5. The van der Waals surface area contributed by atoms with E-state index in [-0.39, 0.29) is 17.9 Å². The van der Waals surface area contributed by atoms with E-state index in [4.69, 9.17) is 4.74 Å². The fourth-order valence-electron chi connectivity index (χ4n) is 6.36. The van der Waals surface area contributed by atoms with Crippen LogP contribution in [0.3, 0.4) is 0 Å². The monoisotopic (exact) mass is 529 g/mol. The molecule has 2 heterocycles. The van der Waals surface area contributed by atoms with Crippen LogP contribution in [0, 0.1) is 17.8 Å². The minimum atomic E-state index is -0.825. The van der Waals surface area contributed by atoms with Gasteiger partial charge in [-0.15, -0.1) is 0 Å². The van der Waals surface area contributed by atoms with Gasteiger partial charge in [0.15, 0.2) is 5.78 Å². The van der Waals surface area contributed by atoms with Gasteiger partial charge in [0, 0.05) is 43.2 Å². The van der Waals surface area contributed by atoms with E-state index < -0.39 is 5.60 Å². The van der Waals surface area contributed by atoms with Crippen LogP contribution in [0.15, 0.2) is 52.6 Å². The Bertz CT molecular complexity index is 1190. The quantitative estimate of drug-likeness (QED) is 0.285. The molecule has 6 nitrogen and oxygen atoms in total. The Labute approximate surface area is 233 Å². The Morgan fingerprint density at radius 2 is 1.92 bits per heavy atom. The maximum Gasteiger partial charge on any atom is 0.213 e. The standard InChI is InChI=1S/C33H43N3O3/c1-23-7-11-29(39-32-22-27(13-16-36-32)33(2,38)26-9-10-26)20-24(19-23)8-12-31(37)30-6-4-3-5-25(30)21-28-14-15-34-17-18-35-28/h3-6,13,16-18,22-24,26,28-29,38H,7-12,14-15,19-21H2,1-2H3. The van der Waals surface area contributed by atoms with Crippen molar-refractivity contribution < 1.29 is 14.6 Å². The Hall–Kier alpha value is -2.86. The summed E-state index contributed by atoms with van der Waals surface area (Å²) >= 11 is 0. The van der Waals surface area contributed by atoms with Crippen LogP contribution in [0.5, 0.6) is 5.88 Å². The molecule has 0 spiro atoms. The number of Topliss-reactive ketones (excluding diaryl/α,β-unsaturated/α-hetero) is 1. The highest BCUT2D eigenvalue weighted by molar-refractivity contribution is 6.16. The largest absolute Gasteiger partial charge is 0.474 e. The van der Waals surface area contributed by atoms with Gasteiger partial charge in [-0.05, 0) is 99.7 Å². The van der Waals surface area contributed by atoms with Crippen LogP contribution in [0.25, 0.3) is 0 Å². The number of benzene rings is 1. The fraction of sp³-hybridized carbons (Fsp3) is 0.576.